The number of carbonyl (C=O) groups excluding carboxylic acids is 1. The Morgan fingerprint density at radius 1 is 1.71 bits per heavy atom. The van der Waals surface area contributed by atoms with Crippen molar-refractivity contribution in [3.63, 3.8) is 0 Å². The van der Waals surface area contributed by atoms with Gasteiger partial charge in [0.25, 0.3) is 0 Å². The van der Waals surface area contributed by atoms with Gasteiger partial charge in [-0.2, -0.15) is 5.26 Å². The molecule has 0 aromatic carbocycles. The van der Waals surface area contributed by atoms with E-state index < -0.39 is 0 Å². The van der Waals surface area contributed by atoms with E-state index in [0.717, 1.165) is 32.5 Å². The Balaban J connectivity index is 2.30. The largest absolute Gasteiger partial charge is 0.351 e. The van der Waals surface area contributed by atoms with Gasteiger partial charge in [-0.1, -0.05) is 6.92 Å². The Morgan fingerprint density at radius 3 is 3.14 bits per heavy atom. The summed E-state index contributed by atoms with van der Waals surface area (Å²) in [7, 11) is 0. The molecule has 0 aliphatic carbocycles. The van der Waals surface area contributed by atoms with Crippen LogP contribution < -0.4 is 5.32 Å². The van der Waals surface area contributed by atoms with Crippen LogP contribution in [0.15, 0.2) is 0 Å². The number of piperidine rings is 1. The van der Waals surface area contributed by atoms with Crippen LogP contribution in [0.25, 0.3) is 0 Å². The molecule has 1 saturated heterocycles. The van der Waals surface area contributed by atoms with E-state index in [0.29, 0.717) is 0 Å². The van der Waals surface area contributed by atoms with Crippen molar-refractivity contribution in [3.05, 3.63) is 0 Å². The first-order valence-corrected chi connectivity index (χ1v) is 5.15. The van der Waals surface area contributed by atoms with Gasteiger partial charge in [0.1, 0.15) is 6.42 Å². The zero-order valence-corrected chi connectivity index (χ0v) is 8.62. The average Bonchev–Trinajstić information content (AvgIpc) is 2.18. The molecule has 0 radical (unpaired) electrons. The van der Waals surface area contributed by atoms with Gasteiger partial charge in [0.2, 0.25) is 5.91 Å². The minimum Gasteiger partial charge on any atom is -0.351 e. The molecule has 0 spiro atoms. The molecule has 1 amide bonds. The number of nitrogens with zero attached hydrogens (tertiary/aromatic N) is 2. The second-order valence-corrected chi connectivity index (χ2v) is 3.63. The van der Waals surface area contributed by atoms with Gasteiger partial charge in [0.05, 0.1) is 6.07 Å². The summed E-state index contributed by atoms with van der Waals surface area (Å²) in [6.45, 7) is 5.21. The number of hydrogen-bond donors (Lipinski definition) is 1. The van der Waals surface area contributed by atoms with Gasteiger partial charge in [0, 0.05) is 12.6 Å². The van der Waals surface area contributed by atoms with E-state index in [2.05, 4.69) is 17.1 Å². The van der Waals surface area contributed by atoms with Crippen molar-refractivity contribution >= 4 is 5.91 Å². The molecule has 0 aromatic rings. The lowest BCUT2D eigenvalue weighted by Crippen LogP contribution is -2.47. The topological polar surface area (TPSA) is 56.1 Å². The summed E-state index contributed by atoms with van der Waals surface area (Å²) < 4.78 is 0. The Labute approximate surface area is 84.9 Å². The van der Waals surface area contributed by atoms with Crippen LogP contribution in [0.3, 0.4) is 0 Å². The van der Waals surface area contributed by atoms with Crippen molar-refractivity contribution in [2.75, 3.05) is 19.6 Å². The maximum Gasteiger partial charge on any atom is 0.234 e. The monoisotopic (exact) mass is 195 g/mol. The highest BCUT2D eigenvalue weighted by atomic mass is 16.1. The summed E-state index contributed by atoms with van der Waals surface area (Å²) in [5.74, 6) is -0.143. The first-order valence-electron chi connectivity index (χ1n) is 5.15. The van der Waals surface area contributed by atoms with Gasteiger partial charge < -0.3 is 10.2 Å². The van der Waals surface area contributed by atoms with Crippen LogP contribution in [-0.2, 0) is 4.79 Å². The lowest BCUT2D eigenvalue weighted by atomic mass is 10.1. The van der Waals surface area contributed by atoms with Crippen LogP contribution in [-0.4, -0.2) is 36.5 Å². The standard InChI is InChI=1S/C10H17N3O/c1-2-13-7-3-4-9(8-13)12-10(14)5-6-11/h9H,2-5,7-8H2,1H3,(H,12,14). The van der Waals surface area contributed by atoms with Gasteiger partial charge in [-0.15, -0.1) is 0 Å². The molecule has 0 saturated carbocycles. The van der Waals surface area contributed by atoms with Crippen molar-refractivity contribution in [1.29, 1.82) is 5.26 Å². The third kappa shape index (κ3) is 3.35. The second-order valence-electron chi connectivity index (χ2n) is 3.63. The molecule has 1 atom stereocenters. The summed E-state index contributed by atoms with van der Waals surface area (Å²) in [6, 6.07) is 2.10. The molecule has 1 aliphatic heterocycles. The Kier molecular flexibility index (Phi) is 4.41. The van der Waals surface area contributed by atoms with E-state index in [4.69, 9.17) is 5.26 Å². The highest BCUT2D eigenvalue weighted by molar-refractivity contribution is 5.78. The van der Waals surface area contributed by atoms with Crippen molar-refractivity contribution in [3.8, 4) is 6.07 Å². The second kappa shape index (κ2) is 5.61. The van der Waals surface area contributed by atoms with Gasteiger partial charge in [-0.3, -0.25) is 4.79 Å². The number of likely N-dealkylation sites (N-methyl/N-ethyl adjacent to an activating group) is 1. The number of nitriles is 1. The summed E-state index contributed by atoms with van der Waals surface area (Å²) in [5, 5.41) is 11.2. The Morgan fingerprint density at radius 2 is 2.50 bits per heavy atom. The highest BCUT2D eigenvalue weighted by Crippen LogP contribution is 2.09. The van der Waals surface area contributed by atoms with Crippen LogP contribution in [0.2, 0.25) is 0 Å². The predicted octanol–water partition coefficient (Wildman–Crippen LogP) is 0.501. The van der Waals surface area contributed by atoms with E-state index in [-0.39, 0.29) is 18.4 Å². The summed E-state index contributed by atoms with van der Waals surface area (Å²) in [6.07, 6.45) is 2.14. The molecule has 78 valence electrons. The number of hydrogen-bond acceptors (Lipinski definition) is 3. The smallest absolute Gasteiger partial charge is 0.234 e. The molecule has 1 N–H and O–H groups in total. The SMILES string of the molecule is CCN1CCCC(NC(=O)CC#N)C1. The summed E-state index contributed by atoms with van der Waals surface area (Å²) in [5.41, 5.74) is 0. The van der Waals surface area contributed by atoms with Crippen LogP contribution in [0.5, 0.6) is 0 Å². The third-order valence-electron chi connectivity index (χ3n) is 2.56. The fraction of sp³-hybridized carbons (Fsp3) is 0.800. The molecule has 0 aromatic heterocycles. The van der Waals surface area contributed by atoms with E-state index in [9.17, 15) is 4.79 Å². The molecule has 4 heteroatoms. The molecule has 14 heavy (non-hydrogen) atoms. The van der Waals surface area contributed by atoms with Gasteiger partial charge in [-0.25, -0.2) is 0 Å². The van der Waals surface area contributed by atoms with Gasteiger partial charge in [0.15, 0.2) is 0 Å². The van der Waals surface area contributed by atoms with E-state index in [1.165, 1.54) is 0 Å². The maximum absolute atomic E-state index is 11.2. The van der Waals surface area contributed by atoms with E-state index in [1.54, 1.807) is 0 Å². The molecule has 1 heterocycles. The van der Waals surface area contributed by atoms with E-state index in [1.807, 2.05) is 6.07 Å². The van der Waals surface area contributed by atoms with Gasteiger partial charge >= 0.3 is 0 Å². The van der Waals surface area contributed by atoms with Crippen molar-refractivity contribution in [1.82, 2.24) is 10.2 Å². The van der Waals surface area contributed by atoms with Crippen LogP contribution >= 0.6 is 0 Å². The zero-order valence-electron chi connectivity index (χ0n) is 8.62. The predicted molar refractivity (Wildman–Crippen MR) is 53.5 cm³/mol. The van der Waals surface area contributed by atoms with E-state index >= 15 is 0 Å². The van der Waals surface area contributed by atoms with Crippen molar-refractivity contribution in [2.24, 2.45) is 0 Å². The van der Waals surface area contributed by atoms with Crippen LogP contribution in [0, 0.1) is 11.3 Å². The average molecular weight is 195 g/mol. The molecule has 1 aliphatic rings. The molecule has 0 bridgehead atoms. The van der Waals surface area contributed by atoms with Crippen LogP contribution in [0.4, 0.5) is 0 Å². The number of likely N-dealkylation sites (tertiary alicyclic amines) is 1. The van der Waals surface area contributed by atoms with Crippen molar-refractivity contribution in [2.45, 2.75) is 32.2 Å². The maximum atomic E-state index is 11.2. The molecule has 1 fully saturated rings. The molecule has 1 unspecified atom stereocenters. The minimum absolute atomic E-state index is 0.0252. The highest BCUT2D eigenvalue weighted by Gasteiger charge is 2.19. The Bertz CT molecular complexity index is 234. The third-order valence-corrected chi connectivity index (χ3v) is 2.56. The fourth-order valence-corrected chi connectivity index (χ4v) is 1.81. The first kappa shape index (κ1) is 11.0. The number of rotatable bonds is 3. The molecular weight excluding hydrogens is 178 g/mol. The Hall–Kier alpha value is -1.08. The van der Waals surface area contributed by atoms with Gasteiger partial charge in [-0.05, 0) is 25.9 Å². The number of nitrogens with one attached hydrogen (secondary N) is 1. The zero-order chi connectivity index (χ0) is 10.4. The molecular formula is C10H17N3O. The summed E-state index contributed by atoms with van der Waals surface area (Å²) in [4.78, 5) is 13.5. The number of carbonyl (C=O) groups is 1. The lowest BCUT2D eigenvalue weighted by molar-refractivity contribution is -0.121. The molecule has 4 nitrogen and oxygen atoms in total. The number of amides is 1. The summed E-state index contributed by atoms with van der Waals surface area (Å²) >= 11 is 0. The first-order chi connectivity index (χ1) is 6.76. The van der Waals surface area contributed by atoms with Crippen LogP contribution in [0.1, 0.15) is 26.2 Å². The quantitative estimate of drug-likeness (QED) is 0.713. The molecule has 1 rings (SSSR count). The minimum atomic E-state index is -0.143. The van der Waals surface area contributed by atoms with Crippen molar-refractivity contribution < 1.29 is 4.79 Å². The fourth-order valence-electron chi connectivity index (χ4n) is 1.81. The normalized spacial score (nSPS) is 22.7. The lowest BCUT2D eigenvalue weighted by Gasteiger charge is -2.32.